The molecule has 0 aliphatic carbocycles. The van der Waals surface area contributed by atoms with Crippen molar-refractivity contribution in [2.24, 2.45) is 5.73 Å². The third-order valence-electron chi connectivity index (χ3n) is 3.46. The summed E-state index contributed by atoms with van der Waals surface area (Å²) >= 11 is 0. The van der Waals surface area contributed by atoms with E-state index in [1.54, 1.807) is 0 Å². The molecule has 0 spiro atoms. The van der Waals surface area contributed by atoms with Crippen molar-refractivity contribution in [3.05, 3.63) is 42.0 Å². The van der Waals surface area contributed by atoms with E-state index >= 15 is 0 Å². The molecule has 1 aliphatic heterocycles. The maximum Gasteiger partial charge on any atom is 0.0479 e. The molecule has 2 aromatic rings. The van der Waals surface area contributed by atoms with Crippen LogP contribution in [0.15, 0.2) is 36.4 Å². The smallest absolute Gasteiger partial charge is 0.0479 e. The first kappa shape index (κ1) is 10.6. The van der Waals surface area contributed by atoms with Crippen molar-refractivity contribution >= 4 is 16.5 Å². The lowest BCUT2D eigenvalue weighted by Crippen LogP contribution is -2.34. The van der Waals surface area contributed by atoms with Gasteiger partial charge in [0.25, 0.3) is 0 Å². The van der Waals surface area contributed by atoms with Gasteiger partial charge in [-0.2, -0.15) is 0 Å². The van der Waals surface area contributed by atoms with Crippen molar-refractivity contribution in [3.8, 4) is 0 Å². The van der Waals surface area contributed by atoms with Gasteiger partial charge in [-0.3, -0.25) is 0 Å². The predicted molar refractivity (Wildman–Crippen MR) is 73.5 cm³/mol. The van der Waals surface area contributed by atoms with Gasteiger partial charge in [0.15, 0.2) is 0 Å². The van der Waals surface area contributed by atoms with Gasteiger partial charge in [-0.15, -0.1) is 0 Å². The Morgan fingerprint density at radius 2 is 2.06 bits per heavy atom. The summed E-state index contributed by atoms with van der Waals surface area (Å²) in [5.74, 6) is 0. The van der Waals surface area contributed by atoms with E-state index in [2.05, 4.69) is 48.2 Å². The summed E-state index contributed by atoms with van der Waals surface area (Å²) in [5.41, 5.74) is 8.80. The van der Waals surface area contributed by atoms with Crippen LogP contribution < -0.4 is 10.6 Å². The fourth-order valence-corrected chi connectivity index (χ4v) is 2.77. The fourth-order valence-electron chi connectivity index (χ4n) is 2.77. The van der Waals surface area contributed by atoms with E-state index in [4.69, 9.17) is 5.73 Å². The molecule has 0 saturated carbocycles. The Morgan fingerprint density at radius 1 is 1.24 bits per heavy atom. The van der Waals surface area contributed by atoms with E-state index in [1.807, 2.05) is 0 Å². The van der Waals surface area contributed by atoms with Gasteiger partial charge < -0.3 is 10.6 Å². The minimum Gasteiger partial charge on any atom is -0.369 e. The average molecular weight is 226 g/mol. The quantitative estimate of drug-likeness (QED) is 0.852. The highest BCUT2D eigenvalue weighted by Gasteiger charge is 2.21. The maximum absolute atomic E-state index is 5.93. The van der Waals surface area contributed by atoms with Crippen molar-refractivity contribution in [2.45, 2.75) is 19.4 Å². The molecule has 88 valence electrons. The number of rotatable bonds is 2. The van der Waals surface area contributed by atoms with Crippen molar-refractivity contribution < 1.29 is 0 Å². The third-order valence-corrected chi connectivity index (χ3v) is 3.46. The molecule has 1 atom stereocenters. The van der Waals surface area contributed by atoms with Crippen LogP contribution in [0.4, 0.5) is 5.69 Å². The molecule has 0 saturated heterocycles. The topological polar surface area (TPSA) is 29.3 Å². The lowest BCUT2D eigenvalue weighted by molar-refractivity contribution is 0.694. The van der Waals surface area contributed by atoms with Gasteiger partial charge in [0.05, 0.1) is 0 Å². The largest absolute Gasteiger partial charge is 0.369 e. The summed E-state index contributed by atoms with van der Waals surface area (Å²) < 4.78 is 0. The molecule has 2 aromatic carbocycles. The second-order valence-corrected chi connectivity index (χ2v) is 4.97. The van der Waals surface area contributed by atoms with Gasteiger partial charge >= 0.3 is 0 Å². The Bertz CT molecular complexity index is 546. The number of nitrogens with zero attached hydrogens (tertiary/aromatic N) is 1. The zero-order valence-corrected chi connectivity index (χ0v) is 10.2. The number of fused-ring (bicyclic) bond motifs is 3. The van der Waals surface area contributed by atoms with Crippen LogP contribution >= 0.6 is 0 Å². The monoisotopic (exact) mass is 226 g/mol. The van der Waals surface area contributed by atoms with Crippen molar-refractivity contribution in [3.63, 3.8) is 0 Å². The van der Waals surface area contributed by atoms with E-state index < -0.39 is 0 Å². The van der Waals surface area contributed by atoms with E-state index in [1.165, 1.54) is 22.0 Å². The zero-order chi connectivity index (χ0) is 11.8. The minimum absolute atomic E-state index is 0.222. The number of nitrogens with two attached hydrogens (primary N) is 1. The van der Waals surface area contributed by atoms with Crippen LogP contribution in [0.5, 0.6) is 0 Å². The van der Waals surface area contributed by atoms with E-state index in [9.17, 15) is 0 Å². The van der Waals surface area contributed by atoms with Gasteiger partial charge in [0.1, 0.15) is 0 Å². The average Bonchev–Trinajstić information content (AvgIpc) is 2.72. The normalized spacial score (nSPS) is 16.2. The molecule has 0 unspecified atom stereocenters. The minimum atomic E-state index is 0.222. The van der Waals surface area contributed by atoms with Gasteiger partial charge in [-0.05, 0) is 24.3 Å². The lowest BCUT2D eigenvalue weighted by Gasteiger charge is -2.23. The van der Waals surface area contributed by atoms with E-state index in [-0.39, 0.29) is 6.04 Å². The number of hydrogen-bond acceptors (Lipinski definition) is 2. The van der Waals surface area contributed by atoms with Crippen LogP contribution in [-0.4, -0.2) is 19.1 Å². The lowest BCUT2D eigenvalue weighted by atomic mass is 10.0. The Morgan fingerprint density at radius 3 is 2.88 bits per heavy atom. The molecule has 0 aromatic heterocycles. The van der Waals surface area contributed by atoms with Crippen LogP contribution in [0.25, 0.3) is 10.8 Å². The first-order valence-corrected chi connectivity index (χ1v) is 6.27. The molecule has 0 bridgehead atoms. The van der Waals surface area contributed by atoms with Gasteiger partial charge in [-0.1, -0.05) is 36.4 Å². The second-order valence-electron chi connectivity index (χ2n) is 4.97. The molecule has 3 rings (SSSR count). The van der Waals surface area contributed by atoms with Crippen molar-refractivity contribution in [1.29, 1.82) is 0 Å². The molecular formula is C15H18N2. The summed E-state index contributed by atoms with van der Waals surface area (Å²) in [6.07, 6.45) is 1.15. The molecule has 2 N–H and O–H groups in total. The van der Waals surface area contributed by atoms with Crippen molar-refractivity contribution in [1.82, 2.24) is 0 Å². The summed E-state index contributed by atoms with van der Waals surface area (Å²) in [6.45, 7) is 4.12. The Balaban J connectivity index is 2.14. The maximum atomic E-state index is 5.93. The predicted octanol–water partition coefficient (Wildman–Crippen LogP) is 2.55. The first-order chi connectivity index (χ1) is 8.25. The van der Waals surface area contributed by atoms with Gasteiger partial charge in [0, 0.05) is 30.2 Å². The van der Waals surface area contributed by atoms with Gasteiger partial charge in [-0.25, -0.2) is 0 Å². The molecule has 17 heavy (non-hydrogen) atoms. The zero-order valence-electron chi connectivity index (χ0n) is 10.2. The molecular weight excluding hydrogens is 208 g/mol. The standard InChI is InChI=1S/C15H18N2/c1-11(16)10-17-9-8-13-7-6-12-4-2-3-5-14(12)15(13)17/h2-7,11H,8-10,16H2,1H3/t11-/m1/s1. The van der Waals surface area contributed by atoms with Crippen LogP contribution in [0, 0.1) is 0 Å². The molecule has 0 radical (unpaired) electrons. The molecule has 1 aliphatic rings. The van der Waals surface area contributed by atoms with E-state index in [0.717, 1.165) is 19.5 Å². The highest BCUT2D eigenvalue weighted by atomic mass is 15.2. The molecule has 2 heteroatoms. The number of benzene rings is 2. The molecule has 1 heterocycles. The third kappa shape index (κ3) is 1.79. The van der Waals surface area contributed by atoms with Crippen LogP contribution in [0.1, 0.15) is 12.5 Å². The summed E-state index contributed by atoms with van der Waals surface area (Å²) in [4.78, 5) is 2.43. The summed E-state index contributed by atoms with van der Waals surface area (Å²) in [5, 5.41) is 2.69. The Kier molecular flexibility index (Phi) is 2.52. The molecule has 2 nitrogen and oxygen atoms in total. The highest BCUT2D eigenvalue weighted by Crippen LogP contribution is 2.35. The number of hydrogen-bond donors (Lipinski definition) is 1. The Hall–Kier alpha value is -1.54. The SMILES string of the molecule is C[C@@H](N)CN1CCc2ccc3ccccc3c21. The first-order valence-electron chi connectivity index (χ1n) is 6.27. The van der Waals surface area contributed by atoms with E-state index in [0.29, 0.717) is 0 Å². The van der Waals surface area contributed by atoms with Crippen molar-refractivity contribution in [2.75, 3.05) is 18.0 Å². The molecule has 0 fully saturated rings. The number of anilines is 1. The Labute approximate surface area is 102 Å². The fraction of sp³-hybridized carbons (Fsp3) is 0.333. The highest BCUT2D eigenvalue weighted by molar-refractivity contribution is 5.96. The van der Waals surface area contributed by atoms with Crippen LogP contribution in [0.2, 0.25) is 0 Å². The van der Waals surface area contributed by atoms with Gasteiger partial charge in [0.2, 0.25) is 0 Å². The van der Waals surface area contributed by atoms with Crippen LogP contribution in [0.3, 0.4) is 0 Å². The summed E-state index contributed by atoms with van der Waals surface area (Å²) in [7, 11) is 0. The summed E-state index contributed by atoms with van der Waals surface area (Å²) in [6, 6.07) is 13.3. The second kappa shape index (κ2) is 4.04. The molecule has 0 amide bonds. The van der Waals surface area contributed by atoms with Crippen LogP contribution in [-0.2, 0) is 6.42 Å².